The van der Waals surface area contributed by atoms with E-state index in [9.17, 15) is 4.79 Å². The van der Waals surface area contributed by atoms with Gasteiger partial charge in [-0.15, -0.1) is 10.2 Å². The van der Waals surface area contributed by atoms with Gasteiger partial charge in [-0.05, 0) is 42.7 Å². The molecular weight excluding hydrogens is 408 g/mol. The maximum Gasteiger partial charge on any atom is 0.230 e. The fourth-order valence-electron chi connectivity index (χ4n) is 2.62. The number of hydrogen-bond donors (Lipinski definition) is 1. The van der Waals surface area contributed by atoms with Crippen molar-refractivity contribution < 1.29 is 9.53 Å². The van der Waals surface area contributed by atoms with Crippen LogP contribution in [0.2, 0.25) is 5.02 Å². The number of ether oxygens (including phenoxy) is 1. The molecule has 152 valence electrons. The van der Waals surface area contributed by atoms with Crippen LogP contribution in [0.3, 0.4) is 0 Å². The van der Waals surface area contributed by atoms with Gasteiger partial charge in [-0.3, -0.25) is 4.79 Å². The second-order valence-corrected chi connectivity index (χ2v) is 7.88. The van der Waals surface area contributed by atoms with Gasteiger partial charge >= 0.3 is 0 Å². The zero-order valence-corrected chi connectivity index (χ0v) is 18.0. The van der Waals surface area contributed by atoms with Gasteiger partial charge in [-0.1, -0.05) is 53.7 Å². The van der Waals surface area contributed by atoms with Crippen molar-refractivity contribution in [2.24, 2.45) is 7.05 Å². The Hall–Kier alpha value is -2.51. The summed E-state index contributed by atoms with van der Waals surface area (Å²) in [5, 5.41) is 12.6. The third-order valence-electron chi connectivity index (χ3n) is 4.33. The second kappa shape index (κ2) is 10.3. The molecule has 0 saturated heterocycles. The molecule has 3 rings (SSSR count). The number of thioether (sulfide) groups is 1. The molecule has 6 nitrogen and oxygen atoms in total. The van der Waals surface area contributed by atoms with E-state index in [1.54, 1.807) is 6.07 Å². The molecule has 0 atom stereocenters. The molecule has 0 spiro atoms. The first kappa shape index (κ1) is 21.2. The summed E-state index contributed by atoms with van der Waals surface area (Å²) < 4.78 is 7.61. The standard InChI is InChI=1S/C21H23ClN4O2S/c1-15-12-17(8-9-18(15)22)28-13-19-24-25-21(26(19)2)29-14-20(27)23-11-10-16-6-4-3-5-7-16/h3-9,12H,10-11,13-14H2,1-2H3,(H,23,27). The zero-order valence-electron chi connectivity index (χ0n) is 16.4. The van der Waals surface area contributed by atoms with Gasteiger partial charge < -0.3 is 14.6 Å². The van der Waals surface area contributed by atoms with Crippen molar-refractivity contribution in [3.05, 3.63) is 70.5 Å². The number of aryl methyl sites for hydroxylation is 1. The lowest BCUT2D eigenvalue weighted by Gasteiger charge is -2.08. The first-order valence-electron chi connectivity index (χ1n) is 9.23. The number of nitrogens with one attached hydrogen (secondary N) is 1. The molecule has 0 aliphatic rings. The van der Waals surface area contributed by atoms with Crippen LogP contribution in [-0.2, 0) is 24.9 Å². The molecule has 1 heterocycles. The average molecular weight is 431 g/mol. The number of benzene rings is 2. The number of amides is 1. The van der Waals surface area contributed by atoms with Crippen LogP contribution < -0.4 is 10.1 Å². The van der Waals surface area contributed by atoms with Crippen LogP contribution in [0.4, 0.5) is 0 Å². The average Bonchev–Trinajstić information content (AvgIpc) is 3.07. The van der Waals surface area contributed by atoms with Crippen molar-refractivity contribution in [3.63, 3.8) is 0 Å². The van der Waals surface area contributed by atoms with Crippen LogP contribution >= 0.6 is 23.4 Å². The number of rotatable bonds is 9. The molecule has 1 aromatic heterocycles. The number of carbonyl (C=O) groups is 1. The Labute approximate surface area is 179 Å². The maximum atomic E-state index is 12.1. The lowest BCUT2D eigenvalue weighted by atomic mass is 10.1. The number of aromatic nitrogens is 3. The fraction of sp³-hybridized carbons (Fsp3) is 0.286. The number of hydrogen-bond acceptors (Lipinski definition) is 5. The summed E-state index contributed by atoms with van der Waals surface area (Å²) in [6.45, 7) is 2.83. The summed E-state index contributed by atoms with van der Waals surface area (Å²) in [4.78, 5) is 12.1. The summed E-state index contributed by atoms with van der Waals surface area (Å²) in [5.41, 5.74) is 2.16. The first-order chi connectivity index (χ1) is 14.0. The molecule has 8 heteroatoms. The highest BCUT2D eigenvalue weighted by molar-refractivity contribution is 7.99. The molecule has 0 bridgehead atoms. The summed E-state index contributed by atoms with van der Waals surface area (Å²) in [5.74, 6) is 1.67. The highest BCUT2D eigenvalue weighted by Crippen LogP contribution is 2.22. The number of carbonyl (C=O) groups excluding carboxylic acids is 1. The van der Waals surface area contributed by atoms with Crippen molar-refractivity contribution in [1.82, 2.24) is 20.1 Å². The molecule has 1 amide bonds. The third-order valence-corrected chi connectivity index (χ3v) is 5.78. The highest BCUT2D eigenvalue weighted by Gasteiger charge is 2.12. The second-order valence-electron chi connectivity index (χ2n) is 6.53. The van der Waals surface area contributed by atoms with E-state index in [1.165, 1.54) is 17.3 Å². The van der Waals surface area contributed by atoms with Gasteiger partial charge in [0.2, 0.25) is 5.91 Å². The van der Waals surface area contributed by atoms with Gasteiger partial charge in [0, 0.05) is 18.6 Å². The molecule has 3 aromatic rings. The minimum Gasteiger partial charge on any atom is -0.486 e. The molecular formula is C21H23ClN4O2S. The smallest absolute Gasteiger partial charge is 0.230 e. The molecule has 0 fully saturated rings. The van der Waals surface area contributed by atoms with E-state index in [0.717, 1.165) is 17.7 Å². The molecule has 1 N–H and O–H groups in total. The lowest BCUT2D eigenvalue weighted by Crippen LogP contribution is -2.27. The van der Waals surface area contributed by atoms with Crippen LogP contribution in [0.1, 0.15) is 17.0 Å². The van der Waals surface area contributed by atoms with E-state index in [0.29, 0.717) is 22.5 Å². The minimum atomic E-state index is -0.0247. The van der Waals surface area contributed by atoms with E-state index in [1.807, 2.05) is 48.9 Å². The lowest BCUT2D eigenvalue weighted by molar-refractivity contribution is -0.118. The minimum absolute atomic E-state index is 0.0247. The fourth-order valence-corrected chi connectivity index (χ4v) is 3.50. The molecule has 0 aliphatic carbocycles. The Morgan fingerprint density at radius 1 is 1.21 bits per heavy atom. The van der Waals surface area contributed by atoms with Crippen molar-refractivity contribution in [3.8, 4) is 5.75 Å². The zero-order chi connectivity index (χ0) is 20.6. The quantitative estimate of drug-likeness (QED) is 0.523. The van der Waals surface area contributed by atoms with Crippen molar-refractivity contribution in [2.45, 2.75) is 25.1 Å². The van der Waals surface area contributed by atoms with Crippen LogP contribution in [0.15, 0.2) is 53.7 Å². The summed E-state index contributed by atoms with van der Waals surface area (Å²) in [6.07, 6.45) is 0.812. The summed E-state index contributed by atoms with van der Waals surface area (Å²) in [6, 6.07) is 15.6. The normalized spacial score (nSPS) is 10.7. The molecule has 0 aliphatic heterocycles. The number of halogens is 1. The Bertz CT molecular complexity index is 963. The van der Waals surface area contributed by atoms with E-state index in [2.05, 4.69) is 27.6 Å². The Morgan fingerprint density at radius 2 is 2.00 bits per heavy atom. The Balaban J connectivity index is 1.44. The molecule has 2 aromatic carbocycles. The van der Waals surface area contributed by atoms with E-state index >= 15 is 0 Å². The van der Waals surface area contributed by atoms with Gasteiger partial charge in [-0.2, -0.15) is 0 Å². The van der Waals surface area contributed by atoms with Crippen LogP contribution in [0.25, 0.3) is 0 Å². The topological polar surface area (TPSA) is 69.0 Å². The molecule has 29 heavy (non-hydrogen) atoms. The summed E-state index contributed by atoms with van der Waals surface area (Å²) in [7, 11) is 1.86. The largest absolute Gasteiger partial charge is 0.486 e. The summed E-state index contributed by atoms with van der Waals surface area (Å²) >= 11 is 7.38. The predicted molar refractivity (Wildman–Crippen MR) is 115 cm³/mol. The number of nitrogens with zero attached hydrogens (tertiary/aromatic N) is 3. The van der Waals surface area contributed by atoms with Crippen molar-refractivity contribution >= 4 is 29.3 Å². The van der Waals surface area contributed by atoms with Gasteiger partial charge in [0.15, 0.2) is 11.0 Å². The van der Waals surface area contributed by atoms with Crippen molar-refractivity contribution in [1.29, 1.82) is 0 Å². The first-order valence-corrected chi connectivity index (χ1v) is 10.6. The van der Waals surface area contributed by atoms with E-state index in [-0.39, 0.29) is 18.3 Å². The maximum absolute atomic E-state index is 12.1. The van der Waals surface area contributed by atoms with Gasteiger partial charge in [-0.25, -0.2) is 0 Å². The highest BCUT2D eigenvalue weighted by atomic mass is 35.5. The monoisotopic (exact) mass is 430 g/mol. The van der Waals surface area contributed by atoms with Gasteiger partial charge in [0.1, 0.15) is 12.4 Å². The molecule has 0 radical (unpaired) electrons. The predicted octanol–water partition coefficient (Wildman–Crippen LogP) is 3.81. The SMILES string of the molecule is Cc1cc(OCc2nnc(SCC(=O)NCCc3ccccc3)n2C)ccc1Cl. The van der Waals surface area contributed by atoms with Crippen molar-refractivity contribution in [2.75, 3.05) is 12.3 Å². The Morgan fingerprint density at radius 3 is 2.76 bits per heavy atom. The molecule has 0 saturated carbocycles. The molecule has 0 unspecified atom stereocenters. The van der Waals surface area contributed by atoms with Crippen LogP contribution in [0, 0.1) is 6.92 Å². The third kappa shape index (κ3) is 6.24. The van der Waals surface area contributed by atoms with E-state index in [4.69, 9.17) is 16.3 Å². The van der Waals surface area contributed by atoms with E-state index < -0.39 is 0 Å². The Kier molecular flexibility index (Phi) is 7.55. The van der Waals surface area contributed by atoms with Crippen LogP contribution in [0.5, 0.6) is 5.75 Å². The van der Waals surface area contributed by atoms with Gasteiger partial charge in [0.25, 0.3) is 0 Å². The van der Waals surface area contributed by atoms with Gasteiger partial charge in [0.05, 0.1) is 5.75 Å². The van der Waals surface area contributed by atoms with Crippen LogP contribution in [-0.4, -0.2) is 33.0 Å².